The van der Waals surface area contributed by atoms with Crippen LogP contribution in [-0.4, -0.2) is 32.0 Å². The normalized spacial score (nSPS) is 19.7. The van der Waals surface area contributed by atoms with E-state index in [0.717, 1.165) is 23.0 Å². The lowest BCUT2D eigenvalue weighted by Gasteiger charge is -2.36. The zero-order valence-electron chi connectivity index (χ0n) is 14.9. The molecule has 1 atom stereocenters. The zero-order chi connectivity index (χ0) is 18.9. The van der Waals surface area contributed by atoms with Crippen LogP contribution in [0.2, 0.25) is 0 Å². The lowest BCUT2D eigenvalue weighted by atomic mass is 9.90. The summed E-state index contributed by atoms with van der Waals surface area (Å²) < 4.78 is 15.7. The first-order valence-electron chi connectivity index (χ1n) is 8.61. The third-order valence-corrected chi connectivity index (χ3v) is 5.09. The number of amides is 1. The van der Waals surface area contributed by atoms with Gasteiger partial charge in [0.25, 0.3) is 5.56 Å². The van der Waals surface area contributed by atoms with Gasteiger partial charge >= 0.3 is 5.69 Å². The number of aromatic nitrogens is 2. The Morgan fingerprint density at radius 1 is 1.27 bits per heavy atom. The van der Waals surface area contributed by atoms with E-state index in [4.69, 9.17) is 0 Å². The molecule has 2 aromatic rings. The van der Waals surface area contributed by atoms with E-state index in [9.17, 15) is 18.8 Å². The minimum atomic E-state index is -0.517. The zero-order valence-corrected chi connectivity index (χ0v) is 14.9. The van der Waals surface area contributed by atoms with E-state index >= 15 is 0 Å². The summed E-state index contributed by atoms with van der Waals surface area (Å²) in [6.45, 7) is 2.48. The number of benzene rings is 1. The number of rotatable bonds is 4. The predicted octanol–water partition coefficient (Wildman–Crippen LogP) is 1.31. The fourth-order valence-electron chi connectivity index (χ4n) is 3.69. The molecule has 1 aromatic carbocycles. The van der Waals surface area contributed by atoms with Gasteiger partial charge in [0.1, 0.15) is 12.4 Å². The maximum Gasteiger partial charge on any atom is 0.331 e. The number of likely N-dealkylation sites (tertiary alicyclic amines) is 1. The summed E-state index contributed by atoms with van der Waals surface area (Å²) in [5.74, 6) is -0.471. The van der Waals surface area contributed by atoms with Crippen LogP contribution in [0.15, 0.2) is 46.1 Å². The summed E-state index contributed by atoms with van der Waals surface area (Å²) in [6, 6.07) is 7.68. The molecule has 2 heterocycles. The molecule has 1 unspecified atom stereocenters. The minimum absolute atomic E-state index is 0.119. The molecule has 0 N–H and O–H groups in total. The van der Waals surface area contributed by atoms with Crippen molar-refractivity contribution >= 4 is 5.91 Å². The Hall–Kier alpha value is -2.70. The second-order valence-electron chi connectivity index (χ2n) is 7.08. The highest BCUT2D eigenvalue weighted by Crippen LogP contribution is 2.32. The van der Waals surface area contributed by atoms with Gasteiger partial charge in [-0.3, -0.25) is 18.7 Å². The third-order valence-electron chi connectivity index (χ3n) is 5.09. The number of nitrogens with zero attached hydrogens (tertiary/aromatic N) is 3. The van der Waals surface area contributed by atoms with Crippen LogP contribution >= 0.6 is 0 Å². The predicted molar refractivity (Wildman–Crippen MR) is 95.4 cm³/mol. The van der Waals surface area contributed by atoms with Gasteiger partial charge in [0.15, 0.2) is 0 Å². The lowest BCUT2D eigenvalue weighted by Crippen LogP contribution is -2.49. The first-order chi connectivity index (χ1) is 12.3. The number of hydrogen-bond donors (Lipinski definition) is 0. The van der Waals surface area contributed by atoms with Crippen LogP contribution in [0.3, 0.4) is 0 Å². The summed E-state index contributed by atoms with van der Waals surface area (Å²) in [6.07, 6.45) is 3.58. The summed E-state index contributed by atoms with van der Waals surface area (Å²) in [4.78, 5) is 38.2. The molecule has 0 spiro atoms. The van der Waals surface area contributed by atoms with Crippen LogP contribution in [0.1, 0.15) is 25.3 Å². The monoisotopic (exact) mass is 359 g/mol. The van der Waals surface area contributed by atoms with Gasteiger partial charge < -0.3 is 4.90 Å². The molecule has 1 aliphatic rings. The van der Waals surface area contributed by atoms with E-state index in [1.165, 1.54) is 36.0 Å². The van der Waals surface area contributed by atoms with E-state index in [-0.39, 0.29) is 18.3 Å². The van der Waals surface area contributed by atoms with Crippen molar-refractivity contribution in [3.05, 3.63) is 68.7 Å². The van der Waals surface area contributed by atoms with Gasteiger partial charge in [0.05, 0.1) is 0 Å². The molecule has 138 valence electrons. The minimum Gasteiger partial charge on any atom is -0.335 e. The molecular formula is C19H22FN3O3. The Morgan fingerprint density at radius 3 is 2.77 bits per heavy atom. The van der Waals surface area contributed by atoms with Crippen molar-refractivity contribution in [1.82, 2.24) is 14.0 Å². The molecule has 0 bridgehead atoms. The fourth-order valence-corrected chi connectivity index (χ4v) is 3.69. The molecule has 1 aromatic heterocycles. The molecular weight excluding hydrogens is 337 g/mol. The Labute approximate surface area is 150 Å². The van der Waals surface area contributed by atoms with E-state index in [2.05, 4.69) is 0 Å². The Morgan fingerprint density at radius 2 is 2.04 bits per heavy atom. The van der Waals surface area contributed by atoms with Crippen LogP contribution in [0.4, 0.5) is 4.39 Å². The van der Waals surface area contributed by atoms with Crippen molar-refractivity contribution in [2.75, 3.05) is 6.54 Å². The number of halogens is 1. The van der Waals surface area contributed by atoms with E-state index in [0.29, 0.717) is 13.0 Å². The van der Waals surface area contributed by atoms with Crippen molar-refractivity contribution in [3.8, 4) is 0 Å². The summed E-state index contributed by atoms with van der Waals surface area (Å²) in [5, 5.41) is 0. The quantitative estimate of drug-likeness (QED) is 0.827. The molecule has 7 heteroatoms. The van der Waals surface area contributed by atoms with Crippen molar-refractivity contribution in [2.45, 2.75) is 38.3 Å². The van der Waals surface area contributed by atoms with E-state index in [1.807, 2.05) is 13.0 Å². The van der Waals surface area contributed by atoms with Crippen LogP contribution < -0.4 is 11.2 Å². The number of hydrogen-bond acceptors (Lipinski definition) is 3. The van der Waals surface area contributed by atoms with E-state index in [1.54, 1.807) is 11.0 Å². The van der Waals surface area contributed by atoms with Gasteiger partial charge in [-0.1, -0.05) is 12.1 Å². The molecule has 1 aliphatic heterocycles. The molecule has 0 radical (unpaired) electrons. The smallest absolute Gasteiger partial charge is 0.331 e. The highest BCUT2D eigenvalue weighted by molar-refractivity contribution is 5.77. The Balaban J connectivity index is 1.81. The molecule has 6 nitrogen and oxygen atoms in total. The maximum atomic E-state index is 13.5. The molecule has 3 rings (SSSR count). The first kappa shape index (κ1) is 18.1. The largest absolute Gasteiger partial charge is 0.335 e. The third kappa shape index (κ3) is 3.47. The maximum absolute atomic E-state index is 13.5. The van der Waals surface area contributed by atoms with Gasteiger partial charge in [0.2, 0.25) is 5.91 Å². The van der Waals surface area contributed by atoms with Crippen LogP contribution in [0.5, 0.6) is 0 Å². The second kappa shape index (κ2) is 6.90. The molecule has 0 saturated carbocycles. The van der Waals surface area contributed by atoms with Crippen molar-refractivity contribution in [3.63, 3.8) is 0 Å². The van der Waals surface area contributed by atoms with Crippen LogP contribution in [0, 0.1) is 5.82 Å². The van der Waals surface area contributed by atoms with Crippen molar-refractivity contribution < 1.29 is 9.18 Å². The lowest BCUT2D eigenvalue weighted by molar-refractivity contribution is -0.135. The van der Waals surface area contributed by atoms with Gasteiger partial charge in [0, 0.05) is 31.4 Å². The molecule has 1 amide bonds. The SMILES string of the molecule is Cn1c(=O)ccn(CC(=O)N2CCCC2(C)Cc2cccc(F)c2)c1=O. The van der Waals surface area contributed by atoms with E-state index < -0.39 is 16.8 Å². The molecule has 0 aliphatic carbocycles. The second-order valence-corrected chi connectivity index (χ2v) is 7.08. The topological polar surface area (TPSA) is 64.3 Å². The van der Waals surface area contributed by atoms with Gasteiger partial charge in [-0.15, -0.1) is 0 Å². The van der Waals surface area contributed by atoms with Crippen molar-refractivity contribution in [2.24, 2.45) is 7.05 Å². The molecule has 1 saturated heterocycles. The number of carbonyl (C=O) groups excluding carboxylic acids is 1. The average Bonchev–Trinajstić information content (AvgIpc) is 2.96. The summed E-state index contributed by atoms with van der Waals surface area (Å²) in [7, 11) is 1.38. The average molecular weight is 359 g/mol. The van der Waals surface area contributed by atoms with Crippen LogP contribution in [0.25, 0.3) is 0 Å². The Kier molecular flexibility index (Phi) is 4.80. The summed E-state index contributed by atoms with van der Waals surface area (Å²) >= 11 is 0. The first-order valence-corrected chi connectivity index (χ1v) is 8.61. The molecule has 1 fully saturated rings. The highest BCUT2D eigenvalue weighted by atomic mass is 19.1. The fraction of sp³-hybridized carbons (Fsp3) is 0.421. The Bertz CT molecular complexity index is 950. The van der Waals surface area contributed by atoms with Gasteiger partial charge in [-0.05, 0) is 43.9 Å². The molecule has 26 heavy (non-hydrogen) atoms. The van der Waals surface area contributed by atoms with Gasteiger partial charge in [-0.2, -0.15) is 0 Å². The number of carbonyl (C=O) groups is 1. The standard InChI is InChI=1S/C19H22FN3O3/c1-19(12-14-5-3-6-15(20)11-14)8-4-9-23(19)17(25)13-22-10-7-16(24)21(2)18(22)26/h3,5-7,10-11H,4,8-9,12-13H2,1-2H3. The van der Waals surface area contributed by atoms with Gasteiger partial charge in [-0.25, -0.2) is 9.18 Å². The van der Waals surface area contributed by atoms with Crippen LogP contribution in [-0.2, 0) is 24.8 Å². The summed E-state index contributed by atoms with van der Waals surface area (Å²) in [5.41, 5.74) is -0.506. The highest BCUT2D eigenvalue weighted by Gasteiger charge is 2.39. The van der Waals surface area contributed by atoms with Crippen molar-refractivity contribution in [1.29, 1.82) is 0 Å².